The predicted octanol–water partition coefficient (Wildman–Crippen LogP) is 1.71. The van der Waals surface area contributed by atoms with Crippen molar-refractivity contribution in [2.45, 2.75) is 39.4 Å². The number of anilines is 1. The molecular formula is C12H21N3O2S. The van der Waals surface area contributed by atoms with Crippen LogP contribution in [0.15, 0.2) is 0 Å². The molecule has 0 saturated carbocycles. The summed E-state index contributed by atoms with van der Waals surface area (Å²) in [5.74, 6) is 1.02. The Kier molecular flexibility index (Phi) is 5.07. The standard InChI is InChI=1S/C12H21N3O2S/c1-5-7-13-12-10(6-2)9(3)14-11(15-12)8-18(4,16)17/h5-8H2,1-4H3,(H,13,14,15). The number of hydrogen-bond acceptors (Lipinski definition) is 5. The first-order valence-corrected chi connectivity index (χ1v) is 8.21. The first-order chi connectivity index (χ1) is 8.37. The molecule has 0 aliphatic carbocycles. The van der Waals surface area contributed by atoms with E-state index in [9.17, 15) is 8.42 Å². The van der Waals surface area contributed by atoms with Gasteiger partial charge in [-0.05, 0) is 19.8 Å². The lowest BCUT2D eigenvalue weighted by molar-refractivity contribution is 0.599. The zero-order chi connectivity index (χ0) is 13.8. The van der Waals surface area contributed by atoms with Gasteiger partial charge in [-0.15, -0.1) is 0 Å². The maximum Gasteiger partial charge on any atom is 0.154 e. The second kappa shape index (κ2) is 6.13. The SMILES string of the molecule is CCCNc1nc(CS(C)(=O)=O)nc(C)c1CC. The van der Waals surface area contributed by atoms with E-state index in [0.29, 0.717) is 5.82 Å². The first kappa shape index (κ1) is 14.9. The van der Waals surface area contributed by atoms with Gasteiger partial charge in [0.1, 0.15) is 17.4 Å². The Morgan fingerprint density at radius 3 is 2.39 bits per heavy atom. The third-order valence-electron chi connectivity index (χ3n) is 2.55. The number of sulfone groups is 1. The Hall–Kier alpha value is -1.17. The molecule has 0 aromatic carbocycles. The first-order valence-electron chi connectivity index (χ1n) is 6.15. The fourth-order valence-electron chi connectivity index (χ4n) is 1.77. The van der Waals surface area contributed by atoms with Crippen LogP contribution >= 0.6 is 0 Å². The van der Waals surface area contributed by atoms with Gasteiger partial charge in [-0.2, -0.15) is 0 Å². The summed E-state index contributed by atoms with van der Waals surface area (Å²) in [5, 5.41) is 3.23. The van der Waals surface area contributed by atoms with E-state index in [1.807, 2.05) is 13.8 Å². The average molecular weight is 271 g/mol. The van der Waals surface area contributed by atoms with E-state index < -0.39 is 9.84 Å². The number of aryl methyl sites for hydroxylation is 1. The van der Waals surface area contributed by atoms with Crippen molar-refractivity contribution in [2.24, 2.45) is 0 Å². The summed E-state index contributed by atoms with van der Waals surface area (Å²) in [4.78, 5) is 8.59. The lowest BCUT2D eigenvalue weighted by Gasteiger charge is -2.13. The van der Waals surface area contributed by atoms with Gasteiger partial charge in [0.05, 0.1) is 0 Å². The van der Waals surface area contributed by atoms with Crippen molar-refractivity contribution in [2.75, 3.05) is 18.1 Å². The molecule has 0 bridgehead atoms. The highest BCUT2D eigenvalue weighted by Gasteiger charge is 2.13. The molecule has 1 aromatic rings. The van der Waals surface area contributed by atoms with Gasteiger partial charge in [0.2, 0.25) is 0 Å². The lowest BCUT2D eigenvalue weighted by atomic mass is 10.1. The molecule has 0 radical (unpaired) electrons. The van der Waals surface area contributed by atoms with Crippen LogP contribution in [0.25, 0.3) is 0 Å². The van der Waals surface area contributed by atoms with Gasteiger partial charge >= 0.3 is 0 Å². The maximum atomic E-state index is 11.3. The van der Waals surface area contributed by atoms with E-state index in [1.54, 1.807) is 0 Å². The molecule has 0 amide bonds. The van der Waals surface area contributed by atoms with Crippen LogP contribution in [0.3, 0.4) is 0 Å². The molecule has 5 nitrogen and oxygen atoms in total. The Labute approximate surface area is 109 Å². The molecule has 6 heteroatoms. The smallest absolute Gasteiger partial charge is 0.154 e. The average Bonchev–Trinajstić information content (AvgIpc) is 2.23. The number of nitrogens with one attached hydrogen (secondary N) is 1. The summed E-state index contributed by atoms with van der Waals surface area (Å²) >= 11 is 0. The molecule has 1 rings (SSSR count). The zero-order valence-corrected chi connectivity index (χ0v) is 12.3. The third-order valence-corrected chi connectivity index (χ3v) is 3.33. The van der Waals surface area contributed by atoms with Crippen LogP contribution in [0, 0.1) is 6.92 Å². The number of aromatic nitrogens is 2. The van der Waals surface area contributed by atoms with Crippen molar-refractivity contribution in [3.05, 3.63) is 17.1 Å². The highest BCUT2D eigenvalue weighted by atomic mass is 32.2. The summed E-state index contributed by atoms with van der Waals surface area (Å²) in [6, 6.07) is 0. The van der Waals surface area contributed by atoms with E-state index in [-0.39, 0.29) is 5.75 Å². The fraction of sp³-hybridized carbons (Fsp3) is 0.667. The Morgan fingerprint density at radius 2 is 1.89 bits per heavy atom. The number of rotatable bonds is 6. The van der Waals surface area contributed by atoms with E-state index in [0.717, 1.165) is 36.5 Å². The van der Waals surface area contributed by atoms with Crippen molar-refractivity contribution < 1.29 is 8.42 Å². The molecule has 0 fully saturated rings. The minimum atomic E-state index is -3.10. The van der Waals surface area contributed by atoms with Crippen LogP contribution in [0.5, 0.6) is 0 Å². The summed E-state index contributed by atoms with van der Waals surface area (Å²) in [6.45, 7) is 6.83. The second-order valence-corrected chi connectivity index (χ2v) is 6.54. The second-order valence-electron chi connectivity index (χ2n) is 4.40. The predicted molar refractivity (Wildman–Crippen MR) is 73.5 cm³/mol. The van der Waals surface area contributed by atoms with Gasteiger partial charge in [0.15, 0.2) is 9.84 Å². The number of hydrogen-bond donors (Lipinski definition) is 1. The van der Waals surface area contributed by atoms with Crippen molar-refractivity contribution in [3.8, 4) is 0 Å². The molecular weight excluding hydrogens is 250 g/mol. The lowest BCUT2D eigenvalue weighted by Crippen LogP contribution is -2.13. The summed E-state index contributed by atoms with van der Waals surface area (Å²) < 4.78 is 22.6. The molecule has 0 atom stereocenters. The Balaban J connectivity index is 3.12. The minimum Gasteiger partial charge on any atom is -0.370 e. The Morgan fingerprint density at radius 1 is 1.22 bits per heavy atom. The normalized spacial score (nSPS) is 11.6. The van der Waals surface area contributed by atoms with Gasteiger partial charge < -0.3 is 5.32 Å². The van der Waals surface area contributed by atoms with Crippen LogP contribution in [0.4, 0.5) is 5.82 Å². The summed E-state index contributed by atoms with van der Waals surface area (Å²) in [5.41, 5.74) is 1.91. The monoisotopic (exact) mass is 271 g/mol. The van der Waals surface area contributed by atoms with E-state index in [1.165, 1.54) is 6.26 Å². The van der Waals surface area contributed by atoms with Gasteiger partial charge in [0, 0.05) is 24.1 Å². The molecule has 1 aromatic heterocycles. The molecule has 0 spiro atoms. The van der Waals surface area contributed by atoms with Crippen LogP contribution in [0.2, 0.25) is 0 Å². The third kappa shape index (κ3) is 4.25. The number of nitrogens with zero attached hydrogens (tertiary/aromatic N) is 2. The molecule has 18 heavy (non-hydrogen) atoms. The van der Waals surface area contributed by atoms with Crippen LogP contribution in [-0.2, 0) is 22.0 Å². The molecule has 0 aliphatic rings. The molecule has 0 aliphatic heterocycles. The summed E-state index contributed by atoms with van der Waals surface area (Å²) in [7, 11) is -3.10. The van der Waals surface area contributed by atoms with Crippen molar-refractivity contribution in [1.29, 1.82) is 0 Å². The van der Waals surface area contributed by atoms with Crippen LogP contribution < -0.4 is 5.32 Å². The molecule has 0 saturated heterocycles. The molecule has 1 N–H and O–H groups in total. The van der Waals surface area contributed by atoms with Gasteiger partial charge in [-0.1, -0.05) is 13.8 Å². The zero-order valence-electron chi connectivity index (χ0n) is 11.4. The molecule has 102 valence electrons. The van der Waals surface area contributed by atoms with Crippen molar-refractivity contribution in [3.63, 3.8) is 0 Å². The summed E-state index contributed by atoms with van der Waals surface area (Å²) in [6.07, 6.45) is 3.02. The van der Waals surface area contributed by atoms with E-state index in [4.69, 9.17) is 0 Å². The van der Waals surface area contributed by atoms with Crippen LogP contribution in [-0.4, -0.2) is 31.2 Å². The van der Waals surface area contributed by atoms with Gasteiger partial charge in [-0.25, -0.2) is 18.4 Å². The minimum absolute atomic E-state index is 0.112. The van der Waals surface area contributed by atoms with E-state index in [2.05, 4.69) is 22.2 Å². The van der Waals surface area contributed by atoms with Crippen molar-refractivity contribution in [1.82, 2.24) is 9.97 Å². The largest absolute Gasteiger partial charge is 0.370 e. The fourth-order valence-corrected chi connectivity index (χ4v) is 2.36. The topological polar surface area (TPSA) is 72.0 Å². The maximum absolute atomic E-state index is 11.3. The van der Waals surface area contributed by atoms with E-state index >= 15 is 0 Å². The highest BCUT2D eigenvalue weighted by molar-refractivity contribution is 7.89. The molecule has 0 unspecified atom stereocenters. The quantitative estimate of drug-likeness (QED) is 0.853. The van der Waals surface area contributed by atoms with Gasteiger partial charge in [-0.3, -0.25) is 0 Å². The van der Waals surface area contributed by atoms with Crippen molar-refractivity contribution >= 4 is 15.7 Å². The van der Waals surface area contributed by atoms with Gasteiger partial charge in [0.25, 0.3) is 0 Å². The molecule has 1 heterocycles. The highest BCUT2D eigenvalue weighted by Crippen LogP contribution is 2.17. The van der Waals surface area contributed by atoms with Crippen LogP contribution in [0.1, 0.15) is 37.4 Å². The Bertz CT molecular complexity index is 512.